The number of aliphatic imine (C=N–C) groups is 1. The van der Waals surface area contributed by atoms with E-state index in [0.717, 1.165) is 34.0 Å². The smallest absolute Gasteiger partial charge is 0.153 e. The minimum Gasteiger partial charge on any atom is -0.454 e. The van der Waals surface area contributed by atoms with Crippen LogP contribution in [0.5, 0.6) is 11.5 Å². The molecule has 0 radical (unpaired) electrons. The molecular weight excluding hydrogens is 294 g/mol. The molecule has 0 amide bonds. The molecule has 4 rings (SSSR count). The molecule has 22 heavy (non-hydrogen) atoms. The lowest BCUT2D eigenvalue weighted by Crippen LogP contribution is -2.03. The zero-order valence-electron chi connectivity index (χ0n) is 11.7. The van der Waals surface area contributed by atoms with Gasteiger partial charge in [0, 0.05) is 16.1 Å². The summed E-state index contributed by atoms with van der Waals surface area (Å²) in [6.07, 6.45) is 0. The van der Waals surface area contributed by atoms with E-state index >= 15 is 0 Å². The molecule has 0 bridgehead atoms. The number of hydrogen-bond donors (Lipinski definition) is 0. The van der Waals surface area contributed by atoms with Crippen LogP contribution in [-0.4, -0.2) is 5.71 Å². The van der Waals surface area contributed by atoms with Gasteiger partial charge in [0.1, 0.15) is 11.4 Å². The van der Waals surface area contributed by atoms with Gasteiger partial charge in [-0.2, -0.15) is 0 Å². The van der Waals surface area contributed by atoms with Crippen molar-refractivity contribution in [3.05, 3.63) is 88.9 Å². The largest absolute Gasteiger partial charge is 0.454 e. The molecule has 0 unspecified atom stereocenters. The first-order valence-corrected chi connectivity index (χ1v) is 7.40. The average Bonchev–Trinajstić information content (AvgIpc) is 2.72. The van der Waals surface area contributed by atoms with Gasteiger partial charge in [0.05, 0.1) is 5.71 Å². The summed E-state index contributed by atoms with van der Waals surface area (Å²) < 4.78 is 6.04. The maximum Gasteiger partial charge on any atom is 0.153 e. The molecule has 2 nitrogen and oxygen atoms in total. The van der Waals surface area contributed by atoms with Gasteiger partial charge in [-0.25, -0.2) is 4.99 Å². The first-order chi connectivity index (χ1) is 10.8. The van der Waals surface area contributed by atoms with E-state index in [-0.39, 0.29) is 0 Å². The van der Waals surface area contributed by atoms with Crippen molar-refractivity contribution in [2.45, 2.75) is 0 Å². The fourth-order valence-electron chi connectivity index (χ4n) is 2.53. The van der Waals surface area contributed by atoms with Gasteiger partial charge in [0.25, 0.3) is 0 Å². The van der Waals surface area contributed by atoms with E-state index in [1.165, 1.54) is 0 Å². The lowest BCUT2D eigenvalue weighted by atomic mass is 10.0. The minimum atomic E-state index is 0.664. The van der Waals surface area contributed by atoms with E-state index in [9.17, 15) is 0 Å². The van der Waals surface area contributed by atoms with Crippen molar-refractivity contribution in [3.8, 4) is 11.5 Å². The number of fused-ring (bicyclic) bond motifs is 2. The lowest BCUT2D eigenvalue weighted by Gasteiger charge is -2.10. The van der Waals surface area contributed by atoms with Crippen LogP contribution in [-0.2, 0) is 0 Å². The third-order valence-corrected chi connectivity index (χ3v) is 3.80. The Balaban J connectivity index is 2.01. The number of halogens is 1. The van der Waals surface area contributed by atoms with E-state index in [1.807, 2.05) is 72.8 Å². The molecule has 3 heteroatoms. The highest BCUT2D eigenvalue weighted by Crippen LogP contribution is 2.39. The Morgan fingerprint density at radius 3 is 2.41 bits per heavy atom. The molecule has 0 fully saturated rings. The molecule has 0 aliphatic carbocycles. The molecule has 0 spiro atoms. The Kier molecular flexibility index (Phi) is 3.17. The van der Waals surface area contributed by atoms with E-state index in [1.54, 1.807) is 0 Å². The number of para-hydroxylation sites is 2. The second kappa shape index (κ2) is 5.32. The topological polar surface area (TPSA) is 21.6 Å². The number of benzene rings is 3. The van der Waals surface area contributed by atoms with Gasteiger partial charge in [-0.1, -0.05) is 54.1 Å². The molecule has 3 aromatic rings. The summed E-state index contributed by atoms with van der Waals surface area (Å²) in [5.74, 6) is 1.51. The summed E-state index contributed by atoms with van der Waals surface area (Å²) in [5.41, 5.74) is 3.61. The van der Waals surface area contributed by atoms with Crippen LogP contribution in [0, 0.1) is 0 Å². The molecule has 3 aromatic carbocycles. The van der Waals surface area contributed by atoms with Gasteiger partial charge >= 0.3 is 0 Å². The molecule has 0 aromatic heterocycles. The highest BCUT2D eigenvalue weighted by atomic mass is 35.5. The third kappa shape index (κ3) is 2.28. The highest BCUT2D eigenvalue weighted by molar-refractivity contribution is 6.31. The molecule has 0 saturated carbocycles. The monoisotopic (exact) mass is 305 g/mol. The molecular formula is C19H12ClNO. The van der Waals surface area contributed by atoms with Crippen molar-refractivity contribution >= 4 is 23.0 Å². The number of ether oxygens (including phenoxy) is 1. The summed E-state index contributed by atoms with van der Waals surface area (Å²) >= 11 is 6.18. The van der Waals surface area contributed by atoms with E-state index < -0.39 is 0 Å². The Morgan fingerprint density at radius 2 is 1.55 bits per heavy atom. The van der Waals surface area contributed by atoms with Crippen LogP contribution in [0.25, 0.3) is 0 Å². The Morgan fingerprint density at radius 1 is 0.773 bits per heavy atom. The summed E-state index contributed by atoms with van der Waals surface area (Å²) in [6, 6.07) is 23.5. The fraction of sp³-hybridized carbons (Fsp3) is 0. The molecule has 1 aliphatic rings. The van der Waals surface area contributed by atoms with Crippen molar-refractivity contribution in [1.82, 2.24) is 0 Å². The highest BCUT2D eigenvalue weighted by Gasteiger charge is 2.19. The average molecular weight is 306 g/mol. The first kappa shape index (κ1) is 13.1. The second-order valence-electron chi connectivity index (χ2n) is 5.04. The van der Waals surface area contributed by atoms with Gasteiger partial charge in [-0.15, -0.1) is 0 Å². The maximum atomic E-state index is 6.18. The van der Waals surface area contributed by atoms with E-state index in [4.69, 9.17) is 21.3 Å². The Hall–Kier alpha value is -2.58. The zero-order chi connectivity index (χ0) is 14.9. The molecule has 1 heterocycles. The molecule has 106 valence electrons. The number of rotatable bonds is 1. The summed E-state index contributed by atoms with van der Waals surface area (Å²) in [4.78, 5) is 4.82. The molecule has 0 N–H and O–H groups in total. The number of nitrogens with zero attached hydrogens (tertiary/aromatic N) is 1. The van der Waals surface area contributed by atoms with Crippen LogP contribution < -0.4 is 4.74 Å². The van der Waals surface area contributed by atoms with Gasteiger partial charge in [0.15, 0.2) is 5.75 Å². The van der Waals surface area contributed by atoms with Crippen LogP contribution in [0.4, 0.5) is 5.69 Å². The van der Waals surface area contributed by atoms with Gasteiger partial charge in [-0.3, -0.25) is 0 Å². The van der Waals surface area contributed by atoms with Gasteiger partial charge in [-0.05, 0) is 30.3 Å². The minimum absolute atomic E-state index is 0.664. The van der Waals surface area contributed by atoms with Crippen LogP contribution in [0.3, 0.4) is 0 Å². The Bertz CT molecular complexity index is 872. The quantitative estimate of drug-likeness (QED) is 0.447. The second-order valence-corrected chi connectivity index (χ2v) is 5.47. The third-order valence-electron chi connectivity index (χ3n) is 3.56. The van der Waals surface area contributed by atoms with Crippen molar-refractivity contribution in [2.24, 2.45) is 4.99 Å². The molecule has 0 atom stereocenters. The van der Waals surface area contributed by atoms with Crippen molar-refractivity contribution in [3.63, 3.8) is 0 Å². The Labute approximate surface area is 133 Å². The predicted octanol–water partition coefficient (Wildman–Crippen LogP) is 5.61. The summed E-state index contributed by atoms with van der Waals surface area (Å²) in [5, 5.41) is 0.664. The molecule has 1 aliphatic heterocycles. The first-order valence-electron chi connectivity index (χ1n) is 7.02. The SMILES string of the molecule is Clc1ccc2c(c1)C(c1ccccc1)=Nc1ccccc1O2. The van der Waals surface area contributed by atoms with E-state index in [0.29, 0.717) is 5.02 Å². The van der Waals surface area contributed by atoms with Gasteiger partial charge in [0.2, 0.25) is 0 Å². The van der Waals surface area contributed by atoms with Crippen LogP contribution in [0.1, 0.15) is 11.1 Å². The predicted molar refractivity (Wildman–Crippen MR) is 89.7 cm³/mol. The zero-order valence-corrected chi connectivity index (χ0v) is 12.4. The number of hydrogen-bond acceptors (Lipinski definition) is 2. The maximum absolute atomic E-state index is 6.18. The van der Waals surface area contributed by atoms with Crippen molar-refractivity contribution in [1.29, 1.82) is 0 Å². The molecule has 0 saturated heterocycles. The van der Waals surface area contributed by atoms with Gasteiger partial charge < -0.3 is 4.74 Å². The standard InChI is InChI=1S/C19H12ClNO/c20-14-10-11-17-15(12-14)19(13-6-2-1-3-7-13)21-16-8-4-5-9-18(16)22-17/h1-12H. The van der Waals surface area contributed by atoms with Crippen LogP contribution in [0.15, 0.2) is 77.8 Å². The summed E-state index contributed by atoms with van der Waals surface area (Å²) in [6.45, 7) is 0. The van der Waals surface area contributed by atoms with Crippen molar-refractivity contribution in [2.75, 3.05) is 0 Å². The fourth-order valence-corrected chi connectivity index (χ4v) is 2.70. The normalized spacial score (nSPS) is 12.5. The lowest BCUT2D eigenvalue weighted by molar-refractivity contribution is 0.485. The van der Waals surface area contributed by atoms with Crippen LogP contribution in [0.2, 0.25) is 5.02 Å². The van der Waals surface area contributed by atoms with Crippen LogP contribution >= 0.6 is 11.6 Å². The van der Waals surface area contributed by atoms with Crippen molar-refractivity contribution < 1.29 is 4.74 Å². The van der Waals surface area contributed by atoms with E-state index in [2.05, 4.69) is 0 Å². The summed E-state index contributed by atoms with van der Waals surface area (Å²) in [7, 11) is 0.